The summed E-state index contributed by atoms with van der Waals surface area (Å²) in [7, 11) is 0. The van der Waals surface area contributed by atoms with Crippen molar-refractivity contribution in [2.75, 3.05) is 0 Å². The highest BCUT2D eigenvalue weighted by atomic mass is 16.1. The van der Waals surface area contributed by atoms with Gasteiger partial charge in [0.25, 0.3) is 5.56 Å². The highest BCUT2D eigenvalue weighted by molar-refractivity contribution is 5.80. The standard InChI is InChI=1S/C23H18N2O/c1-17-11-13-18(14-12-17)15-16-22-24-21-10-6-5-9-20(21)23(26)25(22)19-7-3-2-4-8-19/h2-16H,1H3. The molecule has 4 aromatic rings. The van der Waals surface area contributed by atoms with Gasteiger partial charge in [0.2, 0.25) is 0 Å². The smallest absolute Gasteiger partial charge is 0.266 e. The average molecular weight is 338 g/mol. The van der Waals surface area contributed by atoms with E-state index in [4.69, 9.17) is 4.98 Å². The molecule has 0 atom stereocenters. The first-order chi connectivity index (χ1) is 12.7. The summed E-state index contributed by atoms with van der Waals surface area (Å²) in [6.07, 6.45) is 3.88. The molecule has 4 rings (SSSR count). The fourth-order valence-electron chi connectivity index (χ4n) is 2.94. The number of nitrogens with zero attached hydrogens (tertiary/aromatic N) is 2. The topological polar surface area (TPSA) is 34.9 Å². The largest absolute Gasteiger partial charge is 0.268 e. The van der Waals surface area contributed by atoms with Gasteiger partial charge in [-0.25, -0.2) is 4.98 Å². The van der Waals surface area contributed by atoms with Crippen molar-refractivity contribution < 1.29 is 0 Å². The van der Waals surface area contributed by atoms with Gasteiger partial charge in [-0.1, -0.05) is 66.2 Å². The van der Waals surface area contributed by atoms with E-state index < -0.39 is 0 Å². The van der Waals surface area contributed by atoms with Gasteiger partial charge in [-0.05, 0) is 42.8 Å². The van der Waals surface area contributed by atoms with Crippen LogP contribution in [0, 0.1) is 6.92 Å². The Kier molecular flexibility index (Phi) is 4.20. The molecule has 0 unspecified atom stereocenters. The summed E-state index contributed by atoms with van der Waals surface area (Å²) in [5.41, 5.74) is 3.72. The summed E-state index contributed by atoms with van der Waals surface area (Å²) in [6, 6.07) is 25.3. The Labute approximate surface area is 151 Å². The maximum absolute atomic E-state index is 13.1. The molecular weight excluding hydrogens is 320 g/mol. The van der Waals surface area contributed by atoms with Gasteiger partial charge in [0.1, 0.15) is 5.82 Å². The zero-order valence-corrected chi connectivity index (χ0v) is 14.5. The van der Waals surface area contributed by atoms with Crippen molar-refractivity contribution in [3.05, 3.63) is 106 Å². The van der Waals surface area contributed by atoms with E-state index in [0.717, 1.165) is 11.3 Å². The van der Waals surface area contributed by atoms with Crippen LogP contribution in [0.15, 0.2) is 83.7 Å². The van der Waals surface area contributed by atoms with Crippen LogP contribution in [-0.2, 0) is 0 Å². The van der Waals surface area contributed by atoms with Crippen LogP contribution >= 0.6 is 0 Å². The molecule has 0 saturated carbocycles. The van der Waals surface area contributed by atoms with E-state index >= 15 is 0 Å². The van der Waals surface area contributed by atoms with Crippen LogP contribution in [0.1, 0.15) is 17.0 Å². The predicted molar refractivity (Wildman–Crippen MR) is 107 cm³/mol. The second kappa shape index (κ2) is 6.81. The minimum Gasteiger partial charge on any atom is -0.268 e. The van der Waals surface area contributed by atoms with Crippen molar-refractivity contribution in [2.45, 2.75) is 6.92 Å². The third-order valence-corrected chi connectivity index (χ3v) is 4.32. The third kappa shape index (κ3) is 3.07. The van der Waals surface area contributed by atoms with E-state index in [1.54, 1.807) is 4.57 Å². The summed E-state index contributed by atoms with van der Waals surface area (Å²) in [6.45, 7) is 2.06. The summed E-state index contributed by atoms with van der Waals surface area (Å²) in [5, 5.41) is 0.615. The molecular formula is C23H18N2O. The van der Waals surface area contributed by atoms with Gasteiger partial charge < -0.3 is 0 Å². The first kappa shape index (κ1) is 16.0. The number of para-hydroxylation sites is 2. The van der Waals surface area contributed by atoms with Gasteiger partial charge in [0, 0.05) is 0 Å². The molecule has 1 heterocycles. The zero-order chi connectivity index (χ0) is 17.9. The second-order valence-corrected chi connectivity index (χ2v) is 6.21. The minimum absolute atomic E-state index is 0.0645. The van der Waals surface area contributed by atoms with E-state index in [9.17, 15) is 4.79 Å². The van der Waals surface area contributed by atoms with E-state index in [1.165, 1.54) is 5.56 Å². The minimum atomic E-state index is -0.0645. The Morgan fingerprint density at radius 1 is 0.808 bits per heavy atom. The Morgan fingerprint density at radius 3 is 2.27 bits per heavy atom. The maximum Gasteiger partial charge on any atom is 0.266 e. The molecule has 0 aliphatic heterocycles. The number of aromatic nitrogens is 2. The lowest BCUT2D eigenvalue weighted by molar-refractivity contribution is 0.944. The molecule has 0 saturated heterocycles. The van der Waals surface area contributed by atoms with Gasteiger partial charge in [0.15, 0.2) is 0 Å². The lowest BCUT2D eigenvalue weighted by Crippen LogP contribution is -2.22. The van der Waals surface area contributed by atoms with Crippen molar-refractivity contribution in [2.24, 2.45) is 0 Å². The first-order valence-corrected chi connectivity index (χ1v) is 8.54. The monoisotopic (exact) mass is 338 g/mol. The molecule has 26 heavy (non-hydrogen) atoms. The summed E-state index contributed by atoms with van der Waals surface area (Å²) in [4.78, 5) is 17.8. The van der Waals surface area contributed by atoms with E-state index in [1.807, 2.05) is 66.7 Å². The first-order valence-electron chi connectivity index (χ1n) is 8.54. The second-order valence-electron chi connectivity index (χ2n) is 6.21. The fraction of sp³-hybridized carbons (Fsp3) is 0.0435. The molecule has 0 bridgehead atoms. The number of hydrogen-bond donors (Lipinski definition) is 0. The van der Waals surface area contributed by atoms with E-state index in [2.05, 4.69) is 31.2 Å². The number of aryl methyl sites for hydroxylation is 1. The van der Waals surface area contributed by atoms with Crippen LogP contribution < -0.4 is 5.56 Å². The van der Waals surface area contributed by atoms with E-state index in [0.29, 0.717) is 16.7 Å². The molecule has 0 N–H and O–H groups in total. The third-order valence-electron chi connectivity index (χ3n) is 4.32. The molecule has 1 aromatic heterocycles. The lowest BCUT2D eigenvalue weighted by atomic mass is 10.1. The van der Waals surface area contributed by atoms with Crippen molar-refractivity contribution >= 4 is 23.1 Å². The molecule has 0 fully saturated rings. The average Bonchev–Trinajstić information content (AvgIpc) is 2.68. The van der Waals surface area contributed by atoms with Gasteiger partial charge >= 0.3 is 0 Å². The zero-order valence-electron chi connectivity index (χ0n) is 14.5. The van der Waals surface area contributed by atoms with E-state index in [-0.39, 0.29) is 5.56 Å². The molecule has 0 radical (unpaired) electrons. The normalized spacial score (nSPS) is 11.3. The number of hydrogen-bond acceptors (Lipinski definition) is 2. The van der Waals surface area contributed by atoms with Gasteiger partial charge in [-0.2, -0.15) is 0 Å². The quantitative estimate of drug-likeness (QED) is 0.534. The molecule has 0 aliphatic carbocycles. The van der Waals surface area contributed by atoms with Gasteiger partial charge in [-0.3, -0.25) is 9.36 Å². The van der Waals surface area contributed by atoms with Crippen LogP contribution in [0.25, 0.3) is 28.7 Å². The summed E-state index contributed by atoms with van der Waals surface area (Å²) >= 11 is 0. The molecule has 0 spiro atoms. The maximum atomic E-state index is 13.1. The Hall–Kier alpha value is -3.46. The van der Waals surface area contributed by atoms with Crippen LogP contribution in [0.2, 0.25) is 0 Å². The van der Waals surface area contributed by atoms with Gasteiger partial charge in [0.05, 0.1) is 16.6 Å². The highest BCUT2D eigenvalue weighted by Gasteiger charge is 2.10. The van der Waals surface area contributed by atoms with Crippen LogP contribution in [0.4, 0.5) is 0 Å². The summed E-state index contributed by atoms with van der Waals surface area (Å²) < 4.78 is 1.66. The fourth-order valence-corrected chi connectivity index (χ4v) is 2.94. The Bertz CT molecular complexity index is 1140. The van der Waals surface area contributed by atoms with Crippen molar-refractivity contribution in [3.8, 4) is 5.69 Å². The molecule has 126 valence electrons. The molecule has 3 aromatic carbocycles. The van der Waals surface area contributed by atoms with Crippen LogP contribution in [-0.4, -0.2) is 9.55 Å². The lowest BCUT2D eigenvalue weighted by Gasteiger charge is -2.11. The highest BCUT2D eigenvalue weighted by Crippen LogP contribution is 2.15. The number of fused-ring (bicyclic) bond motifs is 1. The van der Waals surface area contributed by atoms with Crippen molar-refractivity contribution in [1.82, 2.24) is 9.55 Å². The SMILES string of the molecule is Cc1ccc(C=Cc2nc3ccccc3c(=O)n2-c2ccccc2)cc1. The number of rotatable bonds is 3. The molecule has 0 aliphatic rings. The number of benzene rings is 3. The van der Waals surface area contributed by atoms with Crippen molar-refractivity contribution in [1.29, 1.82) is 0 Å². The van der Waals surface area contributed by atoms with Gasteiger partial charge in [-0.15, -0.1) is 0 Å². The molecule has 3 heteroatoms. The Morgan fingerprint density at radius 2 is 1.50 bits per heavy atom. The van der Waals surface area contributed by atoms with Crippen LogP contribution in [0.5, 0.6) is 0 Å². The Balaban J connectivity index is 1.92. The molecule has 0 amide bonds. The molecule has 3 nitrogen and oxygen atoms in total. The summed E-state index contributed by atoms with van der Waals surface area (Å²) in [5.74, 6) is 0.612. The van der Waals surface area contributed by atoms with Crippen LogP contribution in [0.3, 0.4) is 0 Å². The van der Waals surface area contributed by atoms with Crippen molar-refractivity contribution in [3.63, 3.8) is 0 Å². The predicted octanol–water partition coefficient (Wildman–Crippen LogP) is 4.86.